The number of hydrogen-bond donors (Lipinski definition) is 3. The molecule has 76 valence electrons. The molecule has 0 aromatic carbocycles. The number of rotatable bonds is 4. The number of hydrogen-bond acceptors (Lipinski definition) is 4. The third-order valence-electron chi connectivity index (χ3n) is 2.25. The smallest absolute Gasteiger partial charge is 0.233 e. The summed E-state index contributed by atoms with van der Waals surface area (Å²) in [4.78, 5) is 13.1. The van der Waals surface area contributed by atoms with E-state index in [1.807, 2.05) is 0 Å². The standard InChI is InChI=1S/C8H18N4O/c9-11-8(13)2-1-5-12-6-3-10-4-7-12/h10H,1-7,9H2,(H,11,13). The van der Waals surface area contributed by atoms with E-state index >= 15 is 0 Å². The maximum Gasteiger partial charge on any atom is 0.233 e. The molecule has 1 saturated heterocycles. The summed E-state index contributed by atoms with van der Waals surface area (Å²) in [5, 5.41) is 3.28. The second kappa shape index (κ2) is 5.90. The van der Waals surface area contributed by atoms with E-state index in [1.54, 1.807) is 0 Å². The molecule has 13 heavy (non-hydrogen) atoms. The molecular formula is C8H18N4O. The van der Waals surface area contributed by atoms with Crippen LogP contribution in [-0.2, 0) is 4.79 Å². The van der Waals surface area contributed by atoms with E-state index in [0.29, 0.717) is 6.42 Å². The molecule has 5 heteroatoms. The van der Waals surface area contributed by atoms with Crippen molar-refractivity contribution in [1.29, 1.82) is 0 Å². The SMILES string of the molecule is NNC(=O)CCCN1CCNCC1. The molecule has 1 amide bonds. The minimum absolute atomic E-state index is 0.0739. The topological polar surface area (TPSA) is 70.4 Å². The zero-order chi connectivity index (χ0) is 9.52. The number of nitrogens with zero attached hydrogens (tertiary/aromatic N) is 1. The van der Waals surface area contributed by atoms with Gasteiger partial charge in [0.15, 0.2) is 0 Å². The van der Waals surface area contributed by atoms with Crippen LogP contribution in [0.4, 0.5) is 0 Å². The highest BCUT2D eigenvalue weighted by molar-refractivity contribution is 5.75. The van der Waals surface area contributed by atoms with E-state index in [2.05, 4.69) is 15.6 Å². The van der Waals surface area contributed by atoms with Crippen LogP contribution in [0.15, 0.2) is 0 Å². The lowest BCUT2D eigenvalue weighted by Crippen LogP contribution is -2.44. The Morgan fingerprint density at radius 1 is 1.46 bits per heavy atom. The second-order valence-corrected chi connectivity index (χ2v) is 3.26. The summed E-state index contributed by atoms with van der Waals surface area (Å²) in [6.45, 7) is 5.29. The Labute approximate surface area is 78.6 Å². The Bertz CT molecular complexity index is 156. The van der Waals surface area contributed by atoms with Crippen LogP contribution in [-0.4, -0.2) is 43.5 Å². The Kier molecular flexibility index (Phi) is 4.74. The van der Waals surface area contributed by atoms with Gasteiger partial charge in [-0.15, -0.1) is 0 Å². The van der Waals surface area contributed by atoms with Gasteiger partial charge < -0.3 is 10.2 Å². The first-order valence-electron chi connectivity index (χ1n) is 4.75. The van der Waals surface area contributed by atoms with Crippen molar-refractivity contribution in [2.24, 2.45) is 5.84 Å². The number of carbonyl (C=O) groups excluding carboxylic acids is 1. The van der Waals surface area contributed by atoms with Crippen LogP contribution >= 0.6 is 0 Å². The normalized spacial score (nSPS) is 18.5. The van der Waals surface area contributed by atoms with E-state index in [-0.39, 0.29) is 5.91 Å². The number of piperazine rings is 1. The number of amides is 1. The molecule has 1 fully saturated rings. The Hall–Kier alpha value is -0.650. The summed E-state index contributed by atoms with van der Waals surface area (Å²) >= 11 is 0. The Morgan fingerprint density at radius 2 is 2.15 bits per heavy atom. The van der Waals surface area contributed by atoms with Gasteiger partial charge in [0.1, 0.15) is 0 Å². The van der Waals surface area contributed by atoms with E-state index < -0.39 is 0 Å². The first-order chi connectivity index (χ1) is 6.33. The summed E-state index contributed by atoms with van der Waals surface area (Å²) in [5.41, 5.74) is 2.13. The van der Waals surface area contributed by atoms with Crippen molar-refractivity contribution < 1.29 is 4.79 Å². The van der Waals surface area contributed by atoms with E-state index in [4.69, 9.17) is 5.84 Å². The van der Waals surface area contributed by atoms with Crippen molar-refractivity contribution in [3.05, 3.63) is 0 Å². The average Bonchev–Trinajstić information content (AvgIpc) is 2.19. The van der Waals surface area contributed by atoms with Gasteiger partial charge in [-0.3, -0.25) is 10.2 Å². The predicted octanol–water partition coefficient (Wildman–Crippen LogP) is -1.34. The summed E-state index contributed by atoms with van der Waals surface area (Å²) in [7, 11) is 0. The van der Waals surface area contributed by atoms with Crippen LogP contribution in [0, 0.1) is 0 Å². The van der Waals surface area contributed by atoms with Gasteiger partial charge in [-0.25, -0.2) is 5.84 Å². The molecule has 1 rings (SSSR count). The van der Waals surface area contributed by atoms with Crippen LogP contribution in [0.3, 0.4) is 0 Å². The Balaban J connectivity index is 2.01. The summed E-state index contributed by atoms with van der Waals surface area (Å²) in [5.74, 6) is 4.89. The molecule has 0 aromatic rings. The molecule has 4 N–H and O–H groups in total. The number of carbonyl (C=O) groups is 1. The molecule has 1 aliphatic heterocycles. The average molecular weight is 186 g/mol. The van der Waals surface area contributed by atoms with Gasteiger partial charge in [0.05, 0.1) is 0 Å². The zero-order valence-corrected chi connectivity index (χ0v) is 7.88. The van der Waals surface area contributed by atoms with E-state index in [0.717, 1.165) is 39.1 Å². The lowest BCUT2D eigenvalue weighted by Gasteiger charge is -2.26. The third kappa shape index (κ3) is 4.21. The molecule has 1 heterocycles. The van der Waals surface area contributed by atoms with Crippen molar-refractivity contribution >= 4 is 5.91 Å². The lowest BCUT2D eigenvalue weighted by molar-refractivity contribution is -0.121. The maximum atomic E-state index is 10.8. The van der Waals surface area contributed by atoms with Crippen LogP contribution in [0.2, 0.25) is 0 Å². The van der Waals surface area contributed by atoms with E-state index in [1.165, 1.54) is 0 Å². The highest BCUT2D eigenvalue weighted by Gasteiger charge is 2.09. The van der Waals surface area contributed by atoms with Gasteiger partial charge in [0.2, 0.25) is 5.91 Å². The number of nitrogens with one attached hydrogen (secondary N) is 2. The first-order valence-corrected chi connectivity index (χ1v) is 4.75. The fraction of sp³-hybridized carbons (Fsp3) is 0.875. The molecule has 5 nitrogen and oxygen atoms in total. The first kappa shape index (κ1) is 10.4. The van der Waals surface area contributed by atoms with E-state index in [9.17, 15) is 4.79 Å². The highest BCUT2D eigenvalue weighted by atomic mass is 16.2. The van der Waals surface area contributed by atoms with Gasteiger partial charge in [-0.1, -0.05) is 0 Å². The molecule has 0 unspecified atom stereocenters. The van der Waals surface area contributed by atoms with Crippen LogP contribution in [0.1, 0.15) is 12.8 Å². The molecule has 1 aliphatic rings. The van der Waals surface area contributed by atoms with Gasteiger partial charge in [-0.05, 0) is 13.0 Å². The van der Waals surface area contributed by atoms with Gasteiger partial charge in [-0.2, -0.15) is 0 Å². The van der Waals surface area contributed by atoms with Crippen molar-refractivity contribution in [2.75, 3.05) is 32.7 Å². The molecule has 0 atom stereocenters. The quantitative estimate of drug-likeness (QED) is 0.289. The van der Waals surface area contributed by atoms with Crippen LogP contribution < -0.4 is 16.6 Å². The zero-order valence-electron chi connectivity index (χ0n) is 7.88. The lowest BCUT2D eigenvalue weighted by atomic mass is 10.2. The highest BCUT2D eigenvalue weighted by Crippen LogP contribution is 1.96. The molecule has 0 aliphatic carbocycles. The minimum atomic E-state index is -0.0739. The van der Waals surface area contributed by atoms with Crippen molar-refractivity contribution in [2.45, 2.75) is 12.8 Å². The molecule has 0 aromatic heterocycles. The summed E-state index contributed by atoms with van der Waals surface area (Å²) < 4.78 is 0. The second-order valence-electron chi connectivity index (χ2n) is 3.26. The maximum absolute atomic E-state index is 10.8. The number of hydrazine groups is 1. The van der Waals surface area contributed by atoms with Crippen molar-refractivity contribution in [3.63, 3.8) is 0 Å². The van der Waals surface area contributed by atoms with Crippen molar-refractivity contribution in [3.8, 4) is 0 Å². The van der Waals surface area contributed by atoms with Gasteiger partial charge in [0.25, 0.3) is 0 Å². The Morgan fingerprint density at radius 3 is 2.77 bits per heavy atom. The third-order valence-corrected chi connectivity index (χ3v) is 2.25. The summed E-state index contributed by atoms with van der Waals surface area (Å²) in [6, 6.07) is 0. The fourth-order valence-corrected chi connectivity index (χ4v) is 1.47. The molecule has 0 radical (unpaired) electrons. The minimum Gasteiger partial charge on any atom is -0.314 e. The van der Waals surface area contributed by atoms with Crippen molar-refractivity contribution in [1.82, 2.24) is 15.6 Å². The largest absolute Gasteiger partial charge is 0.314 e. The van der Waals surface area contributed by atoms with Gasteiger partial charge >= 0.3 is 0 Å². The molecule has 0 spiro atoms. The summed E-state index contributed by atoms with van der Waals surface area (Å²) in [6.07, 6.45) is 1.42. The fourth-order valence-electron chi connectivity index (χ4n) is 1.47. The predicted molar refractivity (Wildman–Crippen MR) is 50.9 cm³/mol. The number of nitrogens with two attached hydrogens (primary N) is 1. The molecule has 0 saturated carbocycles. The van der Waals surface area contributed by atoms with Crippen LogP contribution in [0.25, 0.3) is 0 Å². The monoisotopic (exact) mass is 186 g/mol. The van der Waals surface area contributed by atoms with Gasteiger partial charge in [0, 0.05) is 32.6 Å². The van der Waals surface area contributed by atoms with Crippen LogP contribution in [0.5, 0.6) is 0 Å². The molecular weight excluding hydrogens is 168 g/mol. The molecule has 0 bridgehead atoms.